The fourth-order valence-electron chi connectivity index (χ4n) is 2.36. The number of ether oxygens (including phenoxy) is 2. The molecule has 118 valence electrons. The van der Waals surface area contributed by atoms with E-state index in [0.717, 1.165) is 31.0 Å². The topological polar surface area (TPSA) is 55.8 Å². The number of hydrogen-bond donors (Lipinski definition) is 1. The summed E-state index contributed by atoms with van der Waals surface area (Å²) in [6, 6.07) is 2.90. The second kappa shape index (κ2) is 5.79. The summed E-state index contributed by atoms with van der Waals surface area (Å²) in [5.41, 5.74) is -1.24. The number of terminal acetylenes is 1. The molecule has 7 heteroatoms. The quantitative estimate of drug-likeness (QED) is 0.863. The Balaban J connectivity index is 2.39. The van der Waals surface area contributed by atoms with Gasteiger partial charge in [0, 0.05) is 0 Å². The molecule has 1 N–H and O–H groups in total. The normalized spacial score (nSPS) is 16.8. The van der Waals surface area contributed by atoms with Crippen LogP contribution in [0.15, 0.2) is 18.2 Å². The van der Waals surface area contributed by atoms with Gasteiger partial charge in [-0.15, -0.1) is 19.6 Å². The molecule has 0 unspecified atom stereocenters. The minimum absolute atomic E-state index is 0.213. The molecule has 0 saturated heterocycles. The van der Waals surface area contributed by atoms with Crippen LogP contribution in [0.3, 0.4) is 0 Å². The molecule has 0 spiro atoms. The summed E-state index contributed by atoms with van der Waals surface area (Å²) in [7, 11) is 0. The number of alkyl halides is 3. The van der Waals surface area contributed by atoms with Crippen molar-refractivity contribution < 1.29 is 32.5 Å². The van der Waals surface area contributed by atoms with Gasteiger partial charge in [-0.3, -0.25) is 0 Å². The molecular formula is C15H13F3O4. The van der Waals surface area contributed by atoms with Crippen LogP contribution in [0.4, 0.5) is 13.2 Å². The Bertz CT molecular complexity index is 610. The van der Waals surface area contributed by atoms with Crippen molar-refractivity contribution in [1.82, 2.24) is 0 Å². The molecule has 0 aliphatic heterocycles. The van der Waals surface area contributed by atoms with Crippen LogP contribution in [0.1, 0.15) is 36.0 Å². The van der Waals surface area contributed by atoms with Gasteiger partial charge >= 0.3 is 12.3 Å². The highest BCUT2D eigenvalue weighted by Crippen LogP contribution is 2.40. The first-order valence-electron chi connectivity index (χ1n) is 6.54. The molecular weight excluding hydrogens is 301 g/mol. The van der Waals surface area contributed by atoms with E-state index in [1.807, 2.05) is 0 Å². The third-order valence-electron chi connectivity index (χ3n) is 3.40. The van der Waals surface area contributed by atoms with Crippen LogP contribution in [-0.4, -0.2) is 23.0 Å². The fourth-order valence-corrected chi connectivity index (χ4v) is 2.36. The molecule has 0 aromatic heterocycles. The molecule has 0 heterocycles. The van der Waals surface area contributed by atoms with Crippen LogP contribution in [0.25, 0.3) is 0 Å². The number of hydrogen-bond acceptors (Lipinski definition) is 3. The average molecular weight is 314 g/mol. The number of benzene rings is 1. The predicted molar refractivity (Wildman–Crippen MR) is 70.7 cm³/mol. The first kappa shape index (κ1) is 16.0. The van der Waals surface area contributed by atoms with E-state index in [2.05, 4.69) is 10.7 Å². The molecule has 1 aliphatic carbocycles. The predicted octanol–water partition coefficient (Wildman–Crippen LogP) is 3.61. The zero-order valence-corrected chi connectivity index (χ0v) is 11.4. The van der Waals surface area contributed by atoms with E-state index >= 15 is 0 Å². The largest absolute Gasteiger partial charge is 0.573 e. The van der Waals surface area contributed by atoms with Crippen molar-refractivity contribution in [3.05, 3.63) is 23.8 Å². The molecule has 0 radical (unpaired) electrons. The molecule has 1 aromatic carbocycles. The molecule has 2 rings (SSSR count). The lowest BCUT2D eigenvalue weighted by Crippen LogP contribution is -2.31. The highest BCUT2D eigenvalue weighted by molar-refractivity contribution is 5.88. The van der Waals surface area contributed by atoms with Gasteiger partial charge in [0.25, 0.3) is 0 Å². The number of carboxylic acid groups (broad SMARTS) is 1. The Morgan fingerprint density at radius 1 is 1.27 bits per heavy atom. The van der Waals surface area contributed by atoms with Crippen LogP contribution in [-0.2, 0) is 0 Å². The summed E-state index contributed by atoms with van der Waals surface area (Å²) < 4.78 is 46.7. The van der Waals surface area contributed by atoms with Gasteiger partial charge in [-0.1, -0.05) is 5.92 Å². The van der Waals surface area contributed by atoms with E-state index in [9.17, 15) is 18.0 Å². The molecule has 4 nitrogen and oxygen atoms in total. The number of carbonyl (C=O) groups is 1. The summed E-state index contributed by atoms with van der Waals surface area (Å²) in [5, 5.41) is 8.96. The summed E-state index contributed by atoms with van der Waals surface area (Å²) >= 11 is 0. The Morgan fingerprint density at radius 3 is 2.41 bits per heavy atom. The highest BCUT2D eigenvalue weighted by Gasteiger charge is 2.37. The van der Waals surface area contributed by atoms with Gasteiger partial charge in [-0.25, -0.2) is 4.79 Å². The highest BCUT2D eigenvalue weighted by atomic mass is 19.4. The molecule has 0 atom stereocenters. The van der Waals surface area contributed by atoms with Crippen LogP contribution in [0, 0.1) is 12.3 Å². The maximum absolute atomic E-state index is 12.4. The van der Waals surface area contributed by atoms with Gasteiger partial charge in [-0.05, 0) is 43.9 Å². The van der Waals surface area contributed by atoms with Crippen molar-refractivity contribution in [2.45, 2.75) is 37.6 Å². The van der Waals surface area contributed by atoms with Crippen molar-refractivity contribution in [2.75, 3.05) is 0 Å². The number of halogens is 3. The molecule has 0 amide bonds. The lowest BCUT2D eigenvalue weighted by Gasteiger charge is -2.26. The molecule has 1 aliphatic rings. The summed E-state index contributed by atoms with van der Waals surface area (Å²) in [5.74, 6) is 0.237. The van der Waals surface area contributed by atoms with Gasteiger partial charge in [0.15, 0.2) is 17.1 Å². The maximum Gasteiger partial charge on any atom is 0.573 e. The fraction of sp³-hybridized carbons (Fsp3) is 0.400. The third kappa shape index (κ3) is 3.64. The standard InChI is InChI=1S/C15H13F3O4/c1-2-14(7-3-4-8-14)21-12-9-10(13(19)20)5-6-11(12)22-15(16,17)18/h1,5-6,9H,3-4,7-8H2,(H,19,20). The van der Waals surface area contributed by atoms with Crippen LogP contribution < -0.4 is 9.47 Å². The van der Waals surface area contributed by atoms with E-state index in [-0.39, 0.29) is 11.3 Å². The lowest BCUT2D eigenvalue weighted by atomic mass is 10.0. The Labute approximate surface area is 124 Å². The number of carboxylic acids is 1. The Kier molecular flexibility index (Phi) is 4.22. The average Bonchev–Trinajstić information content (AvgIpc) is 2.88. The van der Waals surface area contributed by atoms with E-state index in [4.69, 9.17) is 16.3 Å². The maximum atomic E-state index is 12.4. The van der Waals surface area contributed by atoms with Gasteiger partial charge < -0.3 is 14.6 Å². The molecule has 1 saturated carbocycles. The molecule has 22 heavy (non-hydrogen) atoms. The minimum Gasteiger partial charge on any atom is -0.478 e. The van der Waals surface area contributed by atoms with E-state index in [1.165, 1.54) is 0 Å². The van der Waals surface area contributed by atoms with Gasteiger partial charge in [0.1, 0.15) is 0 Å². The summed E-state index contributed by atoms with van der Waals surface area (Å²) in [6.07, 6.45) is 3.09. The Morgan fingerprint density at radius 2 is 1.91 bits per heavy atom. The zero-order valence-electron chi connectivity index (χ0n) is 11.4. The Hall–Kier alpha value is -2.36. The van der Waals surface area contributed by atoms with Gasteiger partial charge in [0.05, 0.1) is 5.56 Å². The molecule has 1 aromatic rings. The number of rotatable bonds is 4. The zero-order chi connectivity index (χ0) is 16.4. The van der Waals surface area contributed by atoms with Crippen LogP contribution in [0.2, 0.25) is 0 Å². The van der Waals surface area contributed by atoms with Crippen molar-refractivity contribution in [3.8, 4) is 23.8 Å². The van der Waals surface area contributed by atoms with Crippen molar-refractivity contribution in [2.24, 2.45) is 0 Å². The summed E-state index contributed by atoms with van der Waals surface area (Å²) in [6.45, 7) is 0. The first-order valence-corrected chi connectivity index (χ1v) is 6.54. The van der Waals surface area contributed by atoms with Crippen molar-refractivity contribution in [3.63, 3.8) is 0 Å². The van der Waals surface area contributed by atoms with E-state index in [0.29, 0.717) is 12.8 Å². The monoisotopic (exact) mass is 314 g/mol. The van der Waals surface area contributed by atoms with Crippen molar-refractivity contribution in [1.29, 1.82) is 0 Å². The molecule has 0 bridgehead atoms. The second-order valence-corrected chi connectivity index (χ2v) is 4.96. The third-order valence-corrected chi connectivity index (χ3v) is 3.40. The summed E-state index contributed by atoms with van der Waals surface area (Å²) in [4.78, 5) is 11.0. The minimum atomic E-state index is -4.91. The van der Waals surface area contributed by atoms with Crippen molar-refractivity contribution >= 4 is 5.97 Å². The van der Waals surface area contributed by atoms with Crippen LogP contribution >= 0.6 is 0 Å². The van der Waals surface area contributed by atoms with Gasteiger partial charge in [0.2, 0.25) is 0 Å². The van der Waals surface area contributed by atoms with Gasteiger partial charge in [-0.2, -0.15) is 0 Å². The first-order chi connectivity index (χ1) is 10.2. The smallest absolute Gasteiger partial charge is 0.478 e. The lowest BCUT2D eigenvalue weighted by molar-refractivity contribution is -0.275. The second-order valence-electron chi connectivity index (χ2n) is 4.96. The SMILES string of the molecule is C#CC1(Oc2cc(C(=O)O)ccc2OC(F)(F)F)CCCC1. The van der Waals surface area contributed by atoms with E-state index in [1.54, 1.807) is 0 Å². The van der Waals surface area contributed by atoms with Crippen LogP contribution in [0.5, 0.6) is 11.5 Å². The van der Waals surface area contributed by atoms with E-state index < -0.39 is 23.7 Å². The molecule has 1 fully saturated rings. The number of aromatic carboxylic acids is 1.